The Morgan fingerprint density at radius 2 is 2.12 bits per heavy atom. The maximum absolute atomic E-state index is 14.9. The molecule has 0 bridgehead atoms. The van der Waals surface area contributed by atoms with Crippen LogP contribution in [0.15, 0.2) is 35.6 Å². The minimum Gasteiger partial charge on any atom is -0.476 e. The molecule has 3 N–H and O–H groups in total. The van der Waals surface area contributed by atoms with Gasteiger partial charge >= 0.3 is 0 Å². The minimum atomic E-state index is -0.922. The number of carbonyl (C=O) groups is 1. The van der Waals surface area contributed by atoms with E-state index in [1.807, 2.05) is 13.8 Å². The highest BCUT2D eigenvalue weighted by molar-refractivity contribution is 8.15. The summed E-state index contributed by atoms with van der Waals surface area (Å²) in [5.41, 5.74) is 6.01. The number of ether oxygens (including phenoxy) is 2. The van der Waals surface area contributed by atoms with E-state index in [0.717, 1.165) is 0 Å². The minimum absolute atomic E-state index is 0.0989. The van der Waals surface area contributed by atoms with Crippen molar-refractivity contribution in [2.24, 2.45) is 10.7 Å². The molecule has 1 amide bonds. The summed E-state index contributed by atoms with van der Waals surface area (Å²) in [6, 6.07) is 4.37. The number of benzene rings is 1. The smallest absolute Gasteiger partial charge is 0.275 e. The Balaban J connectivity index is 1.76. The quantitative estimate of drug-likeness (QED) is 0.433. The number of amidine groups is 1. The molecule has 0 saturated heterocycles. The number of nitrogens with two attached hydrogens (primary N) is 1. The number of anilines is 1. The normalized spacial score (nSPS) is 21.7. The number of halogens is 1. The summed E-state index contributed by atoms with van der Waals surface area (Å²) in [6.07, 6.45) is 3.77. The van der Waals surface area contributed by atoms with Gasteiger partial charge in [-0.3, -0.25) is 9.79 Å². The SMILES string of the molecule is CC#CCCOc1cnc(C(=O)Nc2ccc(F)c([C@]3(C)C[C@](C)(COC)SC(N)=N3)c2)cn1. The van der Waals surface area contributed by atoms with Crippen LogP contribution in [0, 0.1) is 17.7 Å². The van der Waals surface area contributed by atoms with E-state index in [-0.39, 0.29) is 10.4 Å². The van der Waals surface area contributed by atoms with E-state index < -0.39 is 17.3 Å². The van der Waals surface area contributed by atoms with Crippen molar-refractivity contribution in [3.05, 3.63) is 47.7 Å². The monoisotopic (exact) mass is 485 g/mol. The molecular formula is C24H28FN5O3S. The first-order valence-corrected chi connectivity index (χ1v) is 11.5. The van der Waals surface area contributed by atoms with E-state index in [1.54, 1.807) is 20.1 Å². The molecule has 0 unspecified atom stereocenters. The van der Waals surface area contributed by atoms with Gasteiger partial charge in [0.15, 0.2) is 5.17 Å². The molecule has 2 aromatic rings. The van der Waals surface area contributed by atoms with Crippen LogP contribution in [-0.4, -0.2) is 46.1 Å². The predicted octanol–water partition coefficient (Wildman–Crippen LogP) is 3.73. The van der Waals surface area contributed by atoms with Crippen LogP contribution < -0.4 is 15.8 Å². The van der Waals surface area contributed by atoms with Crippen molar-refractivity contribution < 1.29 is 18.7 Å². The van der Waals surface area contributed by atoms with E-state index in [4.69, 9.17) is 15.2 Å². The summed E-state index contributed by atoms with van der Waals surface area (Å²) in [7, 11) is 1.62. The molecule has 0 aliphatic carbocycles. The molecule has 0 fully saturated rings. The van der Waals surface area contributed by atoms with Crippen molar-refractivity contribution in [3.63, 3.8) is 0 Å². The van der Waals surface area contributed by atoms with E-state index in [2.05, 4.69) is 32.1 Å². The van der Waals surface area contributed by atoms with Gasteiger partial charge in [-0.05, 0) is 45.4 Å². The van der Waals surface area contributed by atoms with Crippen LogP contribution in [0.5, 0.6) is 5.88 Å². The van der Waals surface area contributed by atoms with Crippen molar-refractivity contribution >= 4 is 28.5 Å². The molecule has 34 heavy (non-hydrogen) atoms. The fourth-order valence-corrected chi connectivity index (χ4v) is 5.20. The molecule has 0 saturated carbocycles. The summed E-state index contributed by atoms with van der Waals surface area (Å²) in [5, 5.41) is 3.10. The molecule has 1 aliphatic heterocycles. The zero-order chi connectivity index (χ0) is 24.8. The Morgan fingerprint density at radius 1 is 1.32 bits per heavy atom. The number of rotatable bonds is 8. The molecule has 8 nitrogen and oxygen atoms in total. The lowest BCUT2D eigenvalue weighted by molar-refractivity contribution is 0.102. The molecule has 0 radical (unpaired) electrons. The molecule has 2 heterocycles. The number of hydrogen-bond acceptors (Lipinski definition) is 8. The number of carbonyl (C=O) groups excluding carboxylic acids is 1. The van der Waals surface area contributed by atoms with Crippen LogP contribution in [0.3, 0.4) is 0 Å². The molecule has 1 aromatic carbocycles. The number of aromatic nitrogens is 2. The van der Waals surface area contributed by atoms with Gasteiger partial charge in [-0.2, -0.15) is 0 Å². The third-order valence-corrected chi connectivity index (χ3v) is 6.25. The van der Waals surface area contributed by atoms with Crippen molar-refractivity contribution in [1.29, 1.82) is 0 Å². The highest BCUT2D eigenvalue weighted by Gasteiger charge is 2.43. The van der Waals surface area contributed by atoms with Crippen LogP contribution in [0.2, 0.25) is 0 Å². The van der Waals surface area contributed by atoms with Crippen LogP contribution in [0.25, 0.3) is 0 Å². The van der Waals surface area contributed by atoms with Gasteiger partial charge in [0.05, 0.1) is 24.5 Å². The number of amides is 1. The third kappa shape index (κ3) is 6.24. The summed E-state index contributed by atoms with van der Waals surface area (Å²) in [5.74, 6) is 5.06. The lowest BCUT2D eigenvalue weighted by Gasteiger charge is -2.41. The maximum atomic E-state index is 14.9. The van der Waals surface area contributed by atoms with Gasteiger partial charge in [0, 0.05) is 29.5 Å². The number of nitrogens with one attached hydrogen (secondary N) is 1. The summed E-state index contributed by atoms with van der Waals surface area (Å²) in [4.78, 5) is 25.4. The first kappa shape index (κ1) is 25.5. The number of thioether (sulfide) groups is 1. The molecule has 1 aliphatic rings. The van der Waals surface area contributed by atoms with Gasteiger partial charge < -0.3 is 20.5 Å². The fraction of sp³-hybridized carbons (Fsp3) is 0.417. The molecule has 0 spiro atoms. The Hall–Kier alpha value is -3.16. The van der Waals surface area contributed by atoms with Crippen LogP contribution in [-0.2, 0) is 10.3 Å². The molecule has 180 valence electrons. The highest BCUT2D eigenvalue weighted by Crippen LogP contribution is 2.46. The fourth-order valence-electron chi connectivity index (χ4n) is 3.91. The topological polar surface area (TPSA) is 112 Å². The average Bonchev–Trinajstić information content (AvgIpc) is 2.77. The third-order valence-electron chi connectivity index (χ3n) is 5.19. The van der Waals surface area contributed by atoms with Gasteiger partial charge in [0.1, 0.15) is 18.1 Å². The summed E-state index contributed by atoms with van der Waals surface area (Å²) in [6.45, 7) is 6.41. The largest absolute Gasteiger partial charge is 0.476 e. The van der Waals surface area contributed by atoms with Gasteiger partial charge in [-0.1, -0.05) is 11.8 Å². The van der Waals surface area contributed by atoms with Gasteiger partial charge in [0.25, 0.3) is 5.91 Å². The molecule has 2 atom stereocenters. The van der Waals surface area contributed by atoms with Crippen LogP contribution in [0.1, 0.15) is 49.7 Å². The highest BCUT2D eigenvalue weighted by atomic mass is 32.2. The zero-order valence-electron chi connectivity index (χ0n) is 19.6. The number of hydrogen-bond donors (Lipinski definition) is 2. The van der Waals surface area contributed by atoms with Crippen molar-refractivity contribution in [1.82, 2.24) is 9.97 Å². The first-order chi connectivity index (χ1) is 16.2. The summed E-state index contributed by atoms with van der Waals surface area (Å²) >= 11 is 1.41. The van der Waals surface area contributed by atoms with Gasteiger partial charge in [-0.25, -0.2) is 14.4 Å². The Bertz CT molecular complexity index is 1130. The van der Waals surface area contributed by atoms with Crippen LogP contribution >= 0.6 is 11.8 Å². The number of nitrogens with zero attached hydrogens (tertiary/aromatic N) is 3. The van der Waals surface area contributed by atoms with Crippen molar-refractivity contribution in [3.8, 4) is 17.7 Å². The first-order valence-electron chi connectivity index (χ1n) is 10.7. The average molecular weight is 486 g/mol. The van der Waals surface area contributed by atoms with Crippen LogP contribution in [0.4, 0.5) is 10.1 Å². The van der Waals surface area contributed by atoms with Crippen molar-refractivity contribution in [2.45, 2.75) is 43.9 Å². The molecule has 1 aromatic heterocycles. The molecule has 3 rings (SSSR count). The van der Waals surface area contributed by atoms with E-state index in [1.165, 1.54) is 36.3 Å². The Kier molecular flexibility index (Phi) is 8.12. The number of aliphatic imine (C=N–C) groups is 1. The number of methoxy groups -OCH3 is 1. The van der Waals surface area contributed by atoms with Crippen molar-refractivity contribution in [2.75, 3.05) is 25.6 Å². The second-order valence-electron chi connectivity index (χ2n) is 8.30. The zero-order valence-corrected chi connectivity index (χ0v) is 20.5. The van der Waals surface area contributed by atoms with Gasteiger partial charge in [-0.15, -0.1) is 11.8 Å². The standard InChI is InChI=1S/C24H28FN5O3S/c1-5-6-7-10-33-20-13-27-19(12-28-20)21(31)29-16-8-9-18(25)17(11-16)24(3)14-23(2,15-32-4)34-22(26)30-24/h8-9,11-13H,7,10,14-15H2,1-4H3,(H2,26,30)(H,29,31)/t23-,24+/m1/s1. The Morgan fingerprint density at radius 3 is 2.79 bits per heavy atom. The van der Waals surface area contributed by atoms with E-state index in [9.17, 15) is 9.18 Å². The second-order valence-corrected chi connectivity index (χ2v) is 9.91. The van der Waals surface area contributed by atoms with E-state index in [0.29, 0.717) is 48.4 Å². The lowest BCUT2D eigenvalue weighted by Crippen LogP contribution is -2.43. The summed E-state index contributed by atoms with van der Waals surface area (Å²) < 4.78 is 25.3. The van der Waals surface area contributed by atoms with E-state index >= 15 is 0 Å². The molecular weight excluding hydrogens is 457 g/mol. The lowest BCUT2D eigenvalue weighted by atomic mass is 9.83. The maximum Gasteiger partial charge on any atom is 0.275 e. The second kappa shape index (κ2) is 10.8. The Labute approximate surface area is 202 Å². The van der Waals surface area contributed by atoms with Gasteiger partial charge in [0.2, 0.25) is 5.88 Å². The predicted molar refractivity (Wildman–Crippen MR) is 131 cm³/mol. The molecule has 10 heteroatoms.